The van der Waals surface area contributed by atoms with Crippen LogP contribution in [0.4, 0.5) is 0 Å². The van der Waals surface area contributed by atoms with Crippen molar-refractivity contribution in [2.45, 2.75) is 103 Å². The molecular weight excluding hydrogens is 543 g/mol. The molecule has 1 aromatic rings. The summed E-state index contributed by atoms with van der Waals surface area (Å²) in [5.74, 6) is 1.23. The summed E-state index contributed by atoms with van der Waals surface area (Å²) in [5, 5.41) is 11.2. The van der Waals surface area contributed by atoms with Crippen LogP contribution in [0.15, 0.2) is 36.1 Å². The van der Waals surface area contributed by atoms with Crippen LogP contribution >= 0.6 is 7.82 Å². The Hall–Kier alpha value is -1.54. The lowest BCUT2D eigenvalue weighted by Gasteiger charge is -2.23. The molecule has 0 aliphatic heterocycles. The van der Waals surface area contributed by atoms with E-state index in [0.29, 0.717) is 24.2 Å². The molecule has 0 bridgehead atoms. The molecule has 3 N–H and O–H groups in total. The van der Waals surface area contributed by atoms with Gasteiger partial charge >= 0.3 is 7.82 Å². The van der Waals surface area contributed by atoms with Crippen molar-refractivity contribution in [3.8, 4) is 0 Å². The number of aliphatic hydroxyl groups excluding tert-OH is 1. The van der Waals surface area contributed by atoms with E-state index in [9.17, 15) is 14.5 Å². The summed E-state index contributed by atoms with van der Waals surface area (Å²) in [4.78, 5) is 33.0. The SMILES string of the molecule is CCCCCCCCCCCCCCCCN(CC(O)=C=O)OCc1ccccc1.C[N+](C)(C)CCOP(=O)(O)O. The van der Waals surface area contributed by atoms with Crippen LogP contribution in [0, 0.1) is 0 Å². The molecule has 0 aliphatic rings. The minimum Gasteiger partial charge on any atom is -0.501 e. The molecular formula is C31H58N2O7P+. The van der Waals surface area contributed by atoms with Crippen LogP contribution in [-0.2, 0) is 25.3 Å². The summed E-state index contributed by atoms with van der Waals surface area (Å²) < 4.78 is 15.1. The third-order valence-corrected chi connectivity index (χ3v) is 7.00. The van der Waals surface area contributed by atoms with Gasteiger partial charge in [0.1, 0.15) is 13.2 Å². The van der Waals surface area contributed by atoms with Crippen LogP contribution in [-0.4, -0.2) is 77.8 Å². The number of quaternary nitrogens is 1. The molecule has 238 valence electrons. The lowest BCUT2D eigenvalue weighted by Crippen LogP contribution is -2.37. The van der Waals surface area contributed by atoms with E-state index in [2.05, 4.69) is 11.4 Å². The Morgan fingerprint density at radius 2 is 1.34 bits per heavy atom. The Morgan fingerprint density at radius 3 is 1.78 bits per heavy atom. The van der Waals surface area contributed by atoms with Gasteiger partial charge in [-0.2, -0.15) is 5.06 Å². The zero-order chi connectivity index (χ0) is 30.8. The third kappa shape index (κ3) is 29.7. The number of aliphatic hydroxyl groups is 1. The standard InChI is InChI=1S/C26H43NO3.C5H14NO4P/c1-2-3-4-5-6-7-8-9-10-11-12-13-14-18-21-27(22-26(29)23-28)30-24-25-19-16-15-17-20-25;1-6(2,3)4-5-10-11(7,8)9/h15-17,19-20,29H,2-14,18,21-22,24H2,1H3;4-5H2,1-3H3,(H-,7,8,9)/p+1. The van der Waals surface area contributed by atoms with Crippen molar-refractivity contribution in [1.82, 2.24) is 5.06 Å². The number of rotatable bonds is 24. The molecule has 0 atom stereocenters. The number of hydrogen-bond acceptors (Lipinski definition) is 6. The van der Waals surface area contributed by atoms with Gasteiger partial charge in [-0.25, -0.2) is 9.36 Å². The van der Waals surface area contributed by atoms with Crippen LogP contribution in [0.3, 0.4) is 0 Å². The van der Waals surface area contributed by atoms with Crippen LogP contribution in [0.25, 0.3) is 0 Å². The van der Waals surface area contributed by atoms with Gasteiger partial charge in [-0.05, 0) is 12.0 Å². The van der Waals surface area contributed by atoms with E-state index in [4.69, 9.17) is 14.6 Å². The first-order valence-electron chi connectivity index (χ1n) is 15.3. The summed E-state index contributed by atoms with van der Waals surface area (Å²) in [5.41, 5.74) is 1.07. The number of carbonyl (C=O) groups excluding carboxylic acids is 1. The van der Waals surface area contributed by atoms with E-state index in [-0.39, 0.29) is 18.9 Å². The number of likely N-dealkylation sites (N-methyl/N-ethyl adjacent to an activating group) is 1. The molecule has 0 aliphatic carbocycles. The quantitative estimate of drug-likeness (QED) is 0.0290. The van der Waals surface area contributed by atoms with Gasteiger partial charge < -0.3 is 19.4 Å². The van der Waals surface area contributed by atoms with Crippen molar-refractivity contribution in [2.24, 2.45) is 0 Å². The highest BCUT2D eigenvalue weighted by Crippen LogP contribution is 2.35. The van der Waals surface area contributed by atoms with Crippen molar-refractivity contribution >= 4 is 13.8 Å². The van der Waals surface area contributed by atoms with E-state index >= 15 is 0 Å². The van der Waals surface area contributed by atoms with Crippen molar-refractivity contribution in [3.63, 3.8) is 0 Å². The van der Waals surface area contributed by atoms with Crippen molar-refractivity contribution in [2.75, 3.05) is 47.4 Å². The monoisotopic (exact) mass is 601 g/mol. The van der Waals surface area contributed by atoms with Crippen LogP contribution in [0.5, 0.6) is 0 Å². The Labute approximate surface area is 249 Å². The second-order valence-corrected chi connectivity index (χ2v) is 12.8. The van der Waals surface area contributed by atoms with E-state index in [1.807, 2.05) is 51.5 Å². The molecule has 1 aromatic carbocycles. The van der Waals surface area contributed by atoms with Gasteiger partial charge in [-0.1, -0.05) is 121 Å². The molecule has 0 saturated carbocycles. The smallest absolute Gasteiger partial charge is 0.469 e. The summed E-state index contributed by atoms with van der Waals surface area (Å²) in [6.07, 6.45) is 18.5. The molecule has 0 radical (unpaired) electrons. The van der Waals surface area contributed by atoms with Crippen molar-refractivity contribution in [3.05, 3.63) is 41.7 Å². The zero-order valence-corrected chi connectivity index (χ0v) is 27.0. The first-order chi connectivity index (χ1) is 19.5. The van der Waals surface area contributed by atoms with Gasteiger partial charge in [0.05, 0.1) is 34.3 Å². The largest absolute Gasteiger partial charge is 0.501 e. The van der Waals surface area contributed by atoms with Gasteiger partial charge in [0.25, 0.3) is 0 Å². The third-order valence-electron chi connectivity index (χ3n) is 6.48. The second kappa shape index (κ2) is 25.0. The molecule has 0 fully saturated rings. The van der Waals surface area contributed by atoms with Crippen molar-refractivity contribution < 1.29 is 38.1 Å². The number of benzene rings is 1. The number of phosphoric acid groups is 1. The molecule has 9 nitrogen and oxygen atoms in total. The molecule has 0 amide bonds. The maximum absolute atomic E-state index is 10.6. The fourth-order valence-electron chi connectivity index (χ4n) is 4.04. The first kappa shape index (κ1) is 39.5. The number of phosphoric ester groups is 1. The molecule has 0 unspecified atom stereocenters. The van der Waals surface area contributed by atoms with Gasteiger partial charge in [-0.15, -0.1) is 0 Å². The second-order valence-electron chi connectivity index (χ2n) is 11.6. The van der Waals surface area contributed by atoms with E-state index in [0.717, 1.165) is 18.4 Å². The Morgan fingerprint density at radius 1 is 0.854 bits per heavy atom. The van der Waals surface area contributed by atoms with Crippen LogP contribution in [0.2, 0.25) is 0 Å². The fraction of sp³-hybridized carbons (Fsp3) is 0.742. The number of hydroxylamine groups is 2. The average Bonchev–Trinajstić information content (AvgIpc) is 2.91. The topological polar surface area (TPSA) is 117 Å². The number of unbranched alkanes of at least 4 members (excludes halogenated alkanes) is 13. The normalized spacial score (nSPS) is 11.7. The molecule has 10 heteroatoms. The summed E-state index contributed by atoms with van der Waals surface area (Å²) >= 11 is 0. The van der Waals surface area contributed by atoms with Crippen LogP contribution < -0.4 is 0 Å². The highest BCUT2D eigenvalue weighted by Gasteiger charge is 2.16. The predicted molar refractivity (Wildman–Crippen MR) is 166 cm³/mol. The number of nitrogens with zero attached hydrogens (tertiary/aromatic N) is 2. The number of hydrogen-bond donors (Lipinski definition) is 3. The van der Waals surface area contributed by atoms with Crippen molar-refractivity contribution in [1.29, 1.82) is 0 Å². The maximum Gasteiger partial charge on any atom is 0.469 e. The lowest BCUT2D eigenvalue weighted by molar-refractivity contribution is -0.870. The molecule has 0 saturated heterocycles. The highest BCUT2D eigenvalue weighted by atomic mass is 31.2. The Kier molecular flexibility index (Phi) is 24.1. The van der Waals surface area contributed by atoms with E-state index in [1.54, 1.807) is 11.0 Å². The molecule has 1 rings (SSSR count). The van der Waals surface area contributed by atoms with Gasteiger partial charge in [-0.3, -0.25) is 9.36 Å². The minimum absolute atomic E-state index is 0.0772. The summed E-state index contributed by atoms with van der Waals surface area (Å²) in [6, 6.07) is 9.91. The molecule has 41 heavy (non-hydrogen) atoms. The van der Waals surface area contributed by atoms with E-state index in [1.165, 1.54) is 77.0 Å². The highest BCUT2D eigenvalue weighted by molar-refractivity contribution is 7.46. The Bertz CT molecular complexity index is 837. The van der Waals surface area contributed by atoms with E-state index < -0.39 is 7.82 Å². The maximum atomic E-state index is 10.6. The summed E-state index contributed by atoms with van der Waals surface area (Å²) in [7, 11) is 1.50. The first-order valence-corrected chi connectivity index (χ1v) is 16.8. The predicted octanol–water partition coefficient (Wildman–Crippen LogP) is 6.98. The average molecular weight is 602 g/mol. The molecule has 0 spiro atoms. The van der Waals surface area contributed by atoms with Gasteiger partial charge in [0, 0.05) is 6.54 Å². The lowest BCUT2D eigenvalue weighted by atomic mass is 10.0. The van der Waals surface area contributed by atoms with Gasteiger partial charge in [0.2, 0.25) is 0 Å². The molecule has 0 aromatic heterocycles. The fourth-order valence-corrected chi connectivity index (χ4v) is 4.36. The summed E-state index contributed by atoms with van der Waals surface area (Å²) in [6.45, 7) is 4.15. The van der Waals surface area contributed by atoms with Crippen LogP contribution in [0.1, 0.15) is 102 Å². The Balaban J connectivity index is 0.00000122. The minimum atomic E-state index is -4.26. The van der Waals surface area contributed by atoms with Gasteiger partial charge in [0.15, 0.2) is 11.7 Å². The molecule has 0 heterocycles. The zero-order valence-electron chi connectivity index (χ0n) is 26.1.